The van der Waals surface area contributed by atoms with Gasteiger partial charge in [-0.05, 0) is 65.1 Å². The lowest BCUT2D eigenvalue weighted by molar-refractivity contribution is 0.653. The maximum Gasteiger partial charge on any atom is 0.0504 e. The normalized spacial score (nSPS) is 15.3. The zero-order valence-electron chi connectivity index (χ0n) is 11.6. The quantitative estimate of drug-likeness (QED) is 0.599. The number of hydrogen-bond acceptors (Lipinski definition) is 3. The van der Waals surface area contributed by atoms with Gasteiger partial charge in [0.05, 0.1) is 5.69 Å². The fourth-order valence-electron chi connectivity index (χ4n) is 2.64. The zero-order valence-corrected chi connectivity index (χ0v) is 14.5. The van der Waals surface area contributed by atoms with E-state index >= 15 is 0 Å². The summed E-state index contributed by atoms with van der Waals surface area (Å²) in [5, 5.41) is 0.786. The molecule has 0 aromatic heterocycles. The maximum absolute atomic E-state index is 5.95. The minimum Gasteiger partial charge on any atom is -0.399 e. The molecule has 1 heterocycles. The number of halogens is 2. The topological polar surface area (TPSA) is 32.5 Å². The minimum absolute atomic E-state index is 0.786. The SMILES string of the molecule is Nc1ccc(N2CCN(c3ccc(Cl)cc3)CC2)c(I)c1. The molecule has 0 saturated carbocycles. The first-order valence-corrected chi connectivity index (χ1v) is 8.39. The Morgan fingerprint density at radius 3 is 2.14 bits per heavy atom. The Hall–Kier alpha value is -1.14. The Morgan fingerprint density at radius 2 is 1.52 bits per heavy atom. The second kappa shape index (κ2) is 6.32. The Bertz CT molecular complexity index is 622. The van der Waals surface area contributed by atoms with Gasteiger partial charge in [-0.1, -0.05) is 11.6 Å². The van der Waals surface area contributed by atoms with Crippen LogP contribution in [0.5, 0.6) is 0 Å². The minimum atomic E-state index is 0.786. The van der Waals surface area contributed by atoms with Crippen LogP contribution in [0, 0.1) is 3.57 Å². The highest BCUT2D eigenvalue weighted by atomic mass is 127. The van der Waals surface area contributed by atoms with Gasteiger partial charge in [-0.15, -0.1) is 0 Å². The van der Waals surface area contributed by atoms with Crippen molar-refractivity contribution in [1.29, 1.82) is 0 Å². The molecule has 0 radical (unpaired) electrons. The Labute approximate surface area is 143 Å². The predicted molar refractivity (Wildman–Crippen MR) is 99.4 cm³/mol. The standard InChI is InChI=1S/C16H17ClIN3/c17-12-1-4-14(5-2-12)20-7-9-21(10-8-20)16-6-3-13(19)11-15(16)18/h1-6,11H,7-10,19H2. The lowest BCUT2D eigenvalue weighted by atomic mass is 10.2. The van der Waals surface area contributed by atoms with Crippen LogP contribution in [0.1, 0.15) is 0 Å². The first-order valence-electron chi connectivity index (χ1n) is 6.94. The molecule has 2 aromatic carbocycles. The van der Waals surface area contributed by atoms with Crippen molar-refractivity contribution in [2.45, 2.75) is 0 Å². The smallest absolute Gasteiger partial charge is 0.0504 e. The van der Waals surface area contributed by atoms with Gasteiger partial charge in [0.15, 0.2) is 0 Å². The molecule has 0 unspecified atom stereocenters. The summed E-state index contributed by atoms with van der Waals surface area (Å²) in [6.07, 6.45) is 0. The molecule has 2 aromatic rings. The average Bonchev–Trinajstić information content (AvgIpc) is 2.48. The molecule has 1 fully saturated rings. The van der Waals surface area contributed by atoms with E-state index in [9.17, 15) is 0 Å². The van der Waals surface area contributed by atoms with E-state index in [2.05, 4.69) is 50.6 Å². The third kappa shape index (κ3) is 3.37. The molecule has 110 valence electrons. The summed E-state index contributed by atoms with van der Waals surface area (Å²) in [4.78, 5) is 4.82. The predicted octanol–water partition coefficient (Wildman–Crippen LogP) is 3.85. The highest BCUT2D eigenvalue weighted by Gasteiger charge is 2.19. The lowest BCUT2D eigenvalue weighted by Crippen LogP contribution is -2.46. The fourth-order valence-corrected chi connectivity index (χ4v) is 3.64. The third-order valence-electron chi connectivity index (χ3n) is 3.78. The molecule has 0 amide bonds. The second-order valence-corrected chi connectivity index (χ2v) is 6.76. The van der Waals surface area contributed by atoms with Crippen LogP contribution in [0.3, 0.4) is 0 Å². The molecule has 0 aliphatic carbocycles. The molecule has 0 atom stereocenters. The van der Waals surface area contributed by atoms with Gasteiger partial charge in [0.1, 0.15) is 0 Å². The van der Waals surface area contributed by atoms with E-state index < -0.39 is 0 Å². The number of rotatable bonds is 2. The first-order chi connectivity index (χ1) is 10.1. The van der Waals surface area contributed by atoms with E-state index in [0.29, 0.717) is 0 Å². The van der Waals surface area contributed by atoms with Gasteiger partial charge >= 0.3 is 0 Å². The van der Waals surface area contributed by atoms with Gasteiger partial charge in [0.25, 0.3) is 0 Å². The number of piperazine rings is 1. The van der Waals surface area contributed by atoms with Gasteiger partial charge in [-0.2, -0.15) is 0 Å². The summed E-state index contributed by atoms with van der Waals surface area (Å²) in [6.45, 7) is 4.06. The van der Waals surface area contributed by atoms with Crippen molar-refractivity contribution in [3.63, 3.8) is 0 Å². The monoisotopic (exact) mass is 413 g/mol. The van der Waals surface area contributed by atoms with Crippen molar-refractivity contribution >= 4 is 51.3 Å². The molecule has 1 saturated heterocycles. The number of hydrogen-bond donors (Lipinski definition) is 1. The molecule has 1 aliphatic heterocycles. The van der Waals surface area contributed by atoms with Crippen LogP contribution in [0.2, 0.25) is 5.02 Å². The van der Waals surface area contributed by atoms with E-state index in [1.54, 1.807) is 0 Å². The average molecular weight is 414 g/mol. The van der Waals surface area contributed by atoms with Crippen LogP contribution < -0.4 is 15.5 Å². The van der Waals surface area contributed by atoms with Crippen LogP contribution in [0.4, 0.5) is 17.1 Å². The van der Waals surface area contributed by atoms with E-state index in [-0.39, 0.29) is 0 Å². The molecule has 21 heavy (non-hydrogen) atoms. The fraction of sp³-hybridized carbons (Fsp3) is 0.250. The van der Waals surface area contributed by atoms with E-state index in [1.165, 1.54) is 14.9 Å². The number of nitrogens with two attached hydrogens (primary N) is 1. The molecule has 5 heteroatoms. The number of nitrogen functional groups attached to an aromatic ring is 1. The van der Waals surface area contributed by atoms with Crippen molar-refractivity contribution in [2.75, 3.05) is 41.7 Å². The van der Waals surface area contributed by atoms with Crippen LogP contribution in [-0.2, 0) is 0 Å². The van der Waals surface area contributed by atoms with Gasteiger partial charge in [0, 0.05) is 46.1 Å². The number of benzene rings is 2. The van der Waals surface area contributed by atoms with Crippen molar-refractivity contribution in [2.24, 2.45) is 0 Å². The third-order valence-corrected chi connectivity index (χ3v) is 4.90. The van der Waals surface area contributed by atoms with Crippen LogP contribution >= 0.6 is 34.2 Å². The molecule has 1 aliphatic rings. The Balaban J connectivity index is 1.68. The van der Waals surface area contributed by atoms with Crippen molar-refractivity contribution in [1.82, 2.24) is 0 Å². The Kier molecular flexibility index (Phi) is 4.45. The molecule has 3 nitrogen and oxygen atoms in total. The van der Waals surface area contributed by atoms with Crippen molar-refractivity contribution in [3.8, 4) is 0 Å². The van der Waals surface area contributed by atoms with Gasteiger partial charge in [-0.3, -0.25) is 0 Å². The molecule has 2 N–H and O–H groups in total. The summed E-state index contributed by atoms with van der Waals surface area (Å²) in [6, 6.07) is 14.2. The van der Waals surface area contributed by atoms with Crippen LogP contribution in [0.15, 0.2) is 42.5 Å². The molecule has 0 spiro atoms. The zero-order chi connectivity index (χ0) is 14.8. The van der Waals surface area contributed by atoms with Gasteiger partial charge in [0.2, 0.25) is 0 Å². The Morgan fingerprint density at radius 1 is 0.905 bits per heavy atom. The summed E-state index contributed by atoms with van der Waals surface area (Å²) in [5.41, 5.74) is 9.17. The van der Waals surface area contributed by atoms with E-state index in [1.807, 2.05) is 24.3 Å². The van der Waals surface area contributed by atoms with Crippen LogP contribution in [0.25, 0.3) is 0 Å². The summed E-state index contributed by atoms with van der Waals surface area (Å²) < 4.78 is 1.22. The maximum atomic E-state index is 5.95. The van der Waals surface area contributed by atoms with E-state index in [0.717, 1.165) is 36.9 Å². The first kappa shape index (κ1) is 14.8. The highest BCUT2D eigenvalue weighted by molar-refractivity contribution is 14.1. The summed E-state index contributed by atoms with van der Waals surface area (Å²) in [5.74, 6) is 0. The molecular formula is C16H17ClIN3. The van der Waals surface area contributed by atoms with Crippen LogP contribution in [-0.4, -0.2) is 26.2 Å². The van der Waals surface area contributed by atoms with Gasteiger partial charge in [-0.25, -0.2) is 0 Å². The summed E-state index contributed by atoms with van der Waals surface area (Å²) >= 11 is 8.31. The largest absolute Gasteiger partial charge is 0.399 e. The molecule has 3 rings (SSSR count). The van der Waals surface area contributed by atoms with E-state index in [4.69, 9.17) is 17.3 Å². The number of anilines is 3. The number of nitrogens with zero attached hydrogens (tertiary/aromatic N) is 2. The molecular weight excluding hydrogens is 397 g/mol. The molecule has 0 bridgehead atoms. The summed E-state index contributed by atoms with van der Waals surface area (Å²) in [7, 11) is 0. The van der Waals surface area contributed by atoms with Crippen molar-refractivity contribution in [3.05, 3.63) is 51.1 Å². The van der Waals surface area contributed by atoms with Crippen molar-refractivity contribution < 1.29 is 0 Å². The second-order valence-electron chi connectivity index (χ2n) is 5.16. The lowest BCUT2D eigenvalue weighted by Gasteiger charge is -2.37. The van der Waals surface area contributed by atoms with Gasteiger partial charge < -0.3 is 15.5 Å². The highest BCUT2D eigenvalue weighted by Crippen LogP contribution is 2.27.